The van der Waals surface area contributed by atoms with Crippen LogP contribution in [0.15, 0.2) is 48.8 Å². The van der Waals surface area contributed by atoms with E-state index in [0.29, 0.717) is 5.41 Å². The molecule has 0 bridgehead atoms. The van der Waals surface area contributed by atoms with Crippen molar-refractivity contribution in [3.05, 3.63) is 59.9 Å². The van der Waals surface area contributed by atoms with Gasteiger partial charge in [-0.1, -0.05) is 51.1 Å². The highest BCUT2D eigenvalue weighted by Crippen LogP contribution is 2.38. The van der Waals surface area contributed by atoms with Crippen LogP contribution >= 0.6 is 11.3 Å². The summed E-state index contributed by atoms with van der Waals surface area (Å²) >= 11 is 1.86. The lowest BCUT2D eigenvalue weighted by Crippen LogP contribution is -2.31. The topological polar surface area (TPSA) is 16.8 Å². The number of hydrogen-bond donors (Lipinski definition) is 0. The summed E-state index contributed by atoms with van der Waals surface area (Å²) in [7, 11) is 2.09. The lowest BCUT2D eigenvalue weighted by Gasteiger charge is -2.17. The Morgan fingerprint density at radius 1 is 1.08 bits per heavy atom. The molecule has 4 rings (SSSR count). The van der Waals surface area contributed by atoms with Crippen LogP contribution in [0.1, 0.15) is 31.9 Å². The Kier molecular flexibility index (Phi) is 4.07. The molecule has 0 radical (unpaired) electrons. The molecule has 2 heterocycles. The number of aromatic nitrogens is 2. The number of aryl methyl sites for hydroxylation is 2. The summed E-state index contributed by atoms with van der Waals surface area (Å²) in [4.78, 5) is 4.76. The third-order valence-electron chi connectivity index (χ3n) is 4.79. The predicted molar refractivity (Wildman–Crippen MR) is 112 cm³/mol. The highest BCUT2D eigenvalue weighted by Gasteiger charge is 2.21. The van der Waals surface area contributed by atoms with E-state index in [1.165, 1.54) is 37.2 Å². The molecular formula is C23H25N2S+. The molecule has 0 aliphatic carbocycles. The van der Waals surface area contributed by atoms with Gasteiger partial charge in [0.15, 0.2) is 5.69 Å². The van der Waals surface area contributed by atoms with Crippen LogP contribution in [-0.4, -0.2) is 4.98 Å². The maximum atomic E-state index is 4.76. The van der Waals surface area contributed by atoms with Crippen molar-refractivity contribution in [2.75, 3.05) is 0 Å². The van der Waals surface area contributed by atoms with E-state index >= 15 is 0 Å². The summed E-state index contributed by atoms with van der Waals surface area (Å²) in [6, 6.07) is 15.5. The number of benzene rings is 2. The molecule has 0 N–H and O–H groups in total. The van der Waals surface area contributed by atoms with Gasteiger partial charge >= 0.3 is 0 Å². The second kappa shape index (κ2) is 6.17. The fourth-order valence-corrected chi connectivity index (χ4v) is 4.97. The van der Waals surface area contributed by atoms with Gasteiger partial charge in [0.1, 0.15) is 4.70 Å². The average Bonchev–Trinajstić information content (AvgIpc) is 2.92. The number of fused-ring (bicyclic) bond motifs is 3. The molecule has 0 saturated carbocycles. The van der Waals surface area contributed by atoms with Gasteiger partial charge in [0, 0.05) is 15.6 Å². The van der Waals surface area contributed by atoms with Gasteiger partial charge < -0.3 is 0 Å². The van der Waals surface area contributed by atoms with Crippen molar-refractivity contribution >= 4 is 31.6 Å². The molecule has 0 amide bonds. The van der Waals surface area contributed by atoms with E-state index in [2.05, 4.69) is 81.8 Å². The van der Waals surface area contributed by atoms with Gasteiger partial charge in [-0.2, -0.15) is 0 Å². The minimum Gasteiger partial charge on any atom is -0.231 e. The smallest absolute Gasteiger partial charge is 0.231 e. The van der Waals surface area contributed by atoms with E-state index in [1.807, 2.05) is 17.7 Å². The van der Waals surface area contributed by atoms with E-state index in [0.717, 1.165) is 11.9 Å². The lowest BCUT2D eigenvalue weighted by atomic mass is 9.88. The Hall–Kier alpha value is -2.26. The van der Waals surface area contributed by atoms with Crippen molar-refractivity contribution in [1.82, 2.24) is 4.98 Å². The molecule has 2 nitrogen and oxygen atoms in total. The molecule has 0 aliphatic heterocycles. The number of rotatable bonds is 2. The third kappa shape index (κ3) is 3.01. The van der Waals surface area contributed by atoms with Crippen molar-refractivity contribution in [3.8, 4) is 11.3 Å². The van der Waals surface area contributed by atoms with Crippen molar-refractivity contribution in [1.29, 1.82) is 0 Å². The zero-order chi connectivity index (χ0) is 18.5. The summed E-state index contributed by atoms with van der Waals surface area (Å²) < 4.78 is 4.75. The van der Waals surface area contributed by atoms with Crippen LogP contribution in [0.3, 0.4) is 0 Å². The quantitative estimate of drug-likeness (QED) is 0.410. The summed E-state index contributed by atoms with van der Waals surface area (Å²) in [5.74, 6) is 0. The molecule has 0 spiro atoms. The van der Waals surface area contributed by atoms with Crippen molar-refractivity contribution in [2.45, 2.75) is 34.1 Å². The van der Waals surface area contributed by atoms with Gasteiger partial charge in [0.05, 0.1) is 7.05 Å². The fourth-order valence-electron chi connectivity index (χ4n) is 3.65. The van der Waals surface area contributed by atoms with Gasteiger partial charge in [-0.25, -0.2) is 4.57 Å². The Morgan fingerprint density at radius 3 is 2.58 bits per heavy atom. The first-order valence-corrected chi connectivity index (χ1v) is 9.91. The summed E-state index contributed by atoms with van der Waals surface area (Å²) in [5.41, 5.74) is 6.64. The van der Waals surface area contributed by atoms with Gasteiger partial charge in [-0.3, -0.25) is 0 Å². The monoisotopic (exact) mass is 361 g/mol. The van der Waals surface area contributed by atoms with Crippen LogP contribution in [0.5, 0.6) is 0 Å². The van der Waals surface area contributed by atoms with E-state index in [1.54, 1.807) is 0 Å². The molecule has 0 aliphatic rings. The van der Waals surface area contributed by atoms with Crippen molar-refractivity contribution in [2.24, 2.45) is 12.5 Å². The van der Waals surface area contributed by atoms with Crippen LogP contribution < -0.4 is 4.57 Å². The summed E-state index contributed by atoms with van der Waals surface area (Å²) in [5, 5.41) is 1.26. The van der Waals surface area contributed by atoms with E-state index in [-0.39, 0.29) is 0 Å². The zero-order valence-electron chi connectivity index (χ0n) is 16.1. The second-order valence-electron chi connectivity index (χ2n) is 8.37. The number of thiophene rings is 1. The molecule has 0 unspecified atom stereocenters. The van der Waals surface area contributed by atoms with E-state index < -0.39 is 0 Å². The first-order chi connectivity index (χ1) is 12.3. The Balaban J connectivity index is 1.98. The molecule has 0 fully saturated rings. The van der Waals surface area contributed by atoms with Gasteiger partial charge in [0.25, 0.3) is 6.33 Å². The Labute approximate surface area is 159 Å². The molecular weight excluding hydrogens is 336 g/mol. The molecule has 26 heavy (non-hydrogen) atoms. The first-order valence-electron chi connectivity index (χ1n) is 9.09. The first kappa shape index (κ1) is 17.2. The van der Waals surface area contributed by atoms with Crippen molar-refractivity contribution in [3.63, 3.8) is 0 Å². The van der Waals surface area contributed by atoms with Gasteiger partial charge in [-0.15, -0.1) is 11.3 Å². The van der Waals surface area contributed by atoms with Crippen LogP contribution in [0.25, 0.3) is 31.6 Å². The lowest BCUT2D eigenvalue weighted by molar-refractivity contribution is -0.662. The van der Waals surface area contributed by atoms with Gasteiger partial charge in [-0.05, 0) is 47.0 Å². The number of nitrogens with zero attached hydrogens (tertiary/aromatic N) is 2. The molecule has 4 aromatic rings. The Bertz CT molecular complexity index is 1120. The predicted octanol–water partition coefficient (Wildman–Crippen LogP) is 5.84. The van der Waals surface area contributed by atoms with Crippen molar-refractivity contribution < 1.29 is 4.57 Å². The van der Waals surface area contributed by atoms with E-state index in [9.17, 15) is 0 Å². The second-order valence-corrected chi connectivity index (χ2v) is 9.42. The van der Waals surface area contributed by atoms with Crippen LogP contribution in [-0.2, 0) is 13.5 Å². The normalized spacial score (nSPS) is 12.2. The van der Waals surface area contributed by atoms with E-state index in [4.69, 9.17) is 4.98 Å². The van der Waals surface area contributed by atoms with Gasteiger partial charge in [0.2, 0.25) is 5.52 Å². The zero-order valence-corrected chi connectivity index (χ0v) is 16.9. The molecule has 2 aromatic carbocycles. The maximum absolute atomic E-state index is 4.76. The minimum absolute atomic E-state index is 0.293. The highest BCUT2D eigenvalue weighted by atomic mass is 32.1. The Morgan fingerprint density at radius 2 is 1.85 bits per heavy atom. The molecule has 2 aromatic heterocycles. The fraction of sp³-hybridized carbons (Fsp3) is 0.304. The maximum Gasteiger partial charge on any atom is 0.287 e. The standard InChI is InChI=1S/C23H25N2S/c1-15-8-6-7-9-17(15)21-22-20(24-14-25(21)5)18-11-10-16(12-19(18)26-22)13-23(2,3)4/h6-12,14H,13H2,1-5H3/q+1. The van der Waals surface area contributed by atoms with Crippen LogP contribution in [0.2, 0.25) is 0 Å². The molecule has 3 heteroatoms. The van der Waals surface area contributed by atoms with Crippen LogP contribution in [0.4, 0.5) is 0 Å². The molecule has 0 saturated heterocycles. The average molecular weight is 362 g/mol. The SMILES string of the molecule is Cc1ccccc1-c1c2sc3cc(CC(C)(C)C)ccc3c2nc[n+]1C. The molecule has 132 valence electrons. The number of hydrogen-bond acceptors (Lipinski definition) is 2. The molecule has 0 atom stereocenters. The summed E-state index contributed by atoms with van der Waals surface area (Å²) in [6.45, 7) is 9.05. The summed E-state index contributed by atoms with van der Waals surface area (Å²) in [6.07, 6.45) is 3.03. The largest absolute Gasteiger partial charge is 0.287 e. The third-order valence-corrected chi connectivity index (χ3v) is 5.94. The minimum atomic E-state index is 0.293. The van der Waals surface area contributed by atoms with Crippen LogP contribution in [0, 0.1) is 12.3 Å². The highest BCUT2D eigenvalue weighted by molar-refractivity contribution is 7.26.